The first-order valence-corrected chi connectivity index (χ1v) is 7.40. The molecular formula is C16H20N2O4. The molecule has 1 fully saturated rings. The molecule has 0 radical (unpaired) electrons. The molecule has 0 unspecified atom stereocenters. The van der Waals surface area contributed by atoms with Gasteiger partial charge in [-0.3, -0.25) is 14.4 Å². The third kappa shape index (κ3) is 3.63. The van der Waals surface area contributed by atoms with Crippen LogP contribution in [0, 0.1) is 5.92 Å². The number of primary amides is 1. The van der Waals surface area contributed by atoms with Crippen LogP contribution in [-0.4, -0.2) is 30.4 Å². The number of ether oxygens (including phenoxy) is 1. The maximum absolute atomic E-state index is 12.2. The number of benzene rings is 1. The van der Waals surface area contributed by atoms with Crippen molar-refractivity contribution in [2.24, 2.45) is 11.7 Å². The number of carbonyl (C=O) groups excluding carboxylic acids is 3. The summed E-state index contributed by atoms with van der Waals surface area (Å²) in [6.45, 7) is 2.10. The average molecular weight is 304 g/mol. The molecule has 2 amide bonds. The third-order valence-electron chi connectivity index (χ3n) is 3.85. The SMILES string of the molecule is CCOC(=O)[C@@H]1CCC[C@@H]1NC(=O)c1ccc(C(N)=O)cc1. The molecule has 1 aromatic carbocycles. The fraction of sp³-hybridized carbons (Fsp3) is 0.438. The molecule has 6 nitrogen and oxygen atoms in total. The maximum Gasteiger partial charge on any atom is 0.311 e. The summed E-state index contributed by atoms with van der Waals surface area (Å²) < 4.78 is 5.04. The van der Waals surface area contributed by atoms with Crippen molar-refractivity contribution in [3.8, 4) is 0 Å². The fourth-order valence-corrected chi connectivity index (χ4v) is 2.70. The zero-order chi connectivity index (χ0) is 16.1. The lowest BCUT2D eigenvalue weighted by molar-refractivity contribution is -0.148. The molecule has 2 atom stereocenters. The van der Waals surface area contributed by atoms with Crippen LogP contribution >= 0.6 is 0 Å². The van der Waals surface area contributed by atoms with Gasteiger partial charge in [-0.15, -0.1) is 0 Å². The van der Waals surface area contributed by atoms with Crippen LogP contribution in [0.5, 0.6) is 0 Å². The van der Waals surface area contributed by atoms with E-state index in [4.69, 9.17) is 10.5 Å². The summed E-state index contributed by atoms with van der Waals surface area (Å²) in [4.78, 5) is 35.1. The van der Waals surface area contributed by atoms with Crippen LogP contribution in [0.1, 0.15) is 46.9 Å². The minimum atomic E-state index is -0.537. The van der Waals surface area contributed by atoms with E-state index in [-0.39, 0.29) is 23.8 Å². The highest BCUT2D eigenvalue weighted by molar-refractivity contribution is 5.97. The Balaban J connectivity index is 2.01. The second kappa shape index (κ2) is 7.06. The summed E-state index contributed by atoms with van der Waals surface area (Å²) in [5, 5.41) is 2.88. The second-order valence-electron chi connectivity index (χ2n) is 5.31. The van der Waals surface area contributed by atoms with Gasteiger partial charge in [0.15, 0.2) is 0 Å². The van der Waals surface area contributed by atoms with E-state index in [0.717, 1.165) is 19.3 Å². The summed E-state index contributed by atoms with van der Waals surface area (Å²) in [6, 6.07) is 5.90. The van der Waals surface area contributed by atoms with Gasteiger partial charge in [0.25, 0.3) is 5.91 Å². The second-order valence-corrected chi connectivity index (χ2v) is 5.31. The monoisotopic (exact) mass is 304 g/mol. The van der Waals surface area contributed by atoms with Crippen LogP contribution in [-0.2, 0) is 9.53 Å². The first kappa shape index (κ1) is 16.0. The number of hydrogen-bond donors (Lipinski definition) is 2. The van der Waals surface area contributed by atoms with E-state index in [2.05, 4.69) is 5.32 Å². The predicted molar refractivity (Wildman–Crippen MR) is 80.2 cm³/mol. The van der Waals surface area contributed by atoms with Gasteiger partial charge in [-0.1, -0.05) is 6.42 Å². The quantitative estimate of drug-likeness (QED) is 0.800. The van der Waals surface area contributed by atoms with Crippen molar-refractivity contribution in [2.45, 2.75) is 32.2 Å². The molecule has 0 saturated heterocycles. The molecule has 0 heterocycles. The van der Waals surface area contributed by atoms with E-state index in [0.29, 0.717) is 17.7 Å². The molecule has 1 saturated carbocycles. The van der Waals surface area contributed by atoms with E-state index in [9.17, 15) is 14.4 Å². The van der Waals surface area contributed by atoms with Gasteiger partial charge in [0, 0.05) is 17.2 Å². The van der Waals surface area contributed by atoms with Crippen molar-refractivity contribution >= 4 is 17.8 Å². The van der Waals surface area contributed by atoms with Crippen LogP contribution in [0.15, 0.2) is 24.3 Å². The number of hydrogen-bond acceptors (Lipinski definition) is 4. The van der Waals surface area contributed by atoms with Crippen molar-refractivity contribution in [3.63, 3.8) is 0 Å². The van der Waals surface area contributed by atoms with E-state index < -0.39 is 5.91 Å². The van der Waals surface area contributed by atoms with Gasteiger partial charge < -0.3 is 15.8 Å². The normalized spacial score (nSPS) is 20.4. The Morgan fingerprint density at radius 3 is 2.41 bits per heavy atom. The minimum Gasteiger partial charge on any atom is -0.466 e. The Labute approximate surface area is 129 Å². The molecule has 1 aromatic rings. The summed E-state index contributed by atoms with van der Waals surface area (Å²) in [5.74, 6) is -1.34. The highest BCUT2D eigenvalue weighted by atomic mass is 16.5. The van der Waals surface area contributed by atoms with Gasteiger partial charge >= 0.3 is 5.97 Å². The van der Waals surface area contributed by atoms with Gasteiger partial charge in [0.2, 0.25) is 5.91 Å². The lowest BCUT2D eigenvalue weighted by Crippen LogP contribution is -2.40. The standard InChI is InChI=1S/C16H20N2O4/c1-2-22-16(21)12-4-3-5-13(12)18-15(20)11-8-6-10(7-9-11)14(17)19/h6-9,12-13H,2-5H2,1H3,(H2,17,19)(H,18,20)/t12-,13+/m1/s1. The number of nitrogens with one attached hydrogen (secondary N) is 1. The van der Waals surface area contributed by atoms with Gasteiger partial charge in [0.1, 0.15) is 0 Å². The van der Waals surface area contributed by atoms with Gasteiger partial charge in [-0.05, 0) is 44.0 Å². The number of amides is 2. The number of rotatable bonds is 5. The molecular weight excluding hydrogens is 284 g/mol. The largest absolute Gasteiger partial charge is 0.466 e. The molecule has 2 rings (SSSR count). The third-order valence-corrected chi connectivity index (χ3v) is 3.85. The number of nitrogens with two attached hydrogens (primary N) is 1. The first-order chi connectivity index (χ1) is 10.5. The smallest absolute Gasteiger partial charge is 0.311 e. The van der Waals surface area contributed by atoms with Crippen molar-refractivity contribution in [2.75, 3.05) is 6.61 Å². The highest BCUT2D eigenvalue weighted by Gasteiger charge is 2.35. The van der Waals surface area contributed by atoms with Crippen LogP contribution in [0.4, 0.5) is 0 Å². The summed E-state index contributed by atoms with van der Waals surface area (Å²) in [5.41, 5.74) is 5.94. The summed E-state index contributed by atoms with van der Waals surface area (Å²) >= 11 is 0. The molecule has 3 N–H and O–H groups in total. The topological polar surface area (TPSA) is 98.5 Å². The number of esters is 1. The van der Waals surface area contributed by atoms with Crippen molar-refractivity contribution in [1.82, 2.24) is 5.32 Å². The van der Waals surface area contributed by atoms with Crippen molar-refractivity contribution < 1.29 is 19.1 Å². The fourth-order valence-electron chi connectivity index (χ4n) is 2.70. The van der Waals surface area contributed by atoms with Crippen molar-refractivity contribution in [1.29, 1.82) is 0 Å². The number of carbonyl (C=O) groups is 3. The van der Waals surface area contributed by atoms with Crippen LogP contribution in [0.3, 0.4) is 0 Å². The molecule has 1 aliphatic carbocycles. The van der Waals surface area contributed by atoms with Crippen LogP contribution in [0.2, 0.25) is 0 Å². The van der Waals surface area contributed by atoms with E-state index in [1.165, 1.54) is 12.1 Å². The van der Waals surface area contributed by atoms with Crippen molar-refractivity contribution in [3.05, 3.63) is 35.4 Å². The Hall–Kier alpha value is -2.37. The molecule has 118 valence electrons. The molecule has 0 bridgehead atoms. The van der Waals surface area contributed by atoms with Crippen LogP contribution in [0.25, 0.3) is 0 Å². The molecule has 0 aliphatic heterocycles. The highest BCUT2D eigenvalue weighted by Crippen LogP contribution is 2.27. The van der Waals surface area contributed by atoms with E-state index in [1.807, 2.05) is 0 Å². The Bertz CT molecular complexity index is 568. The molecule has 0 aromatic heterocycles. The molecule has 6 heteroatoms. The van der Waals surface area contributed by atoms with E-state index in [1.54, 1.807) is 19.1 Å². The maximum atomic E-state index is 12.2. The molecule has 22 heavy (non-hydrogen) atoms. The molecule has 0 spiro atoms. The van der Waals surface area contributed by atoms with Crippen LogP contribution < -0.4 is 11.1 Å². The Morgan fingerprint density at radius 2 is 1.82 bits per heavy atom. The summed E-state index contributed by atoms with van der Waals surface area (Å²) in [7, 11) is 0. The molecule has 1 aliphatic rings. The lowest BCUT2D eigenvalue weighted by Gasteiger charge is -2.19. The first-order valence-electron chi connectivity index (χ1n) is 7.40. The van der Waals surface area contributed by atoms with E-state index >= 15 is 0 Å². The predicted octanol–water partition coefficient (Wildman–Crippen LogP) is 1.25. The average Bonchev–Trinajstić information content (AvgIpc) is 2.95. The van der Waals surface area contributed by atoms with Gasteiger partial charge in [0.05, 0.1) is 12.5 Å². The lowest BCUT2D eigenvalue weighted by atomic mass is 10.0. The Morgan fingerprint density at radius 1 is 1.18 bits per heavy atom. The summed E-state index contributed by atoms with van der Waals surface area (Å²) in [6.07, 6.45) is 2.37. The van der Waals surface area contributed by atoms with Gasteiger partial charge in [-0.25, -0.2) is 0 Å². The zero-order valence-corrected chi connectivity index (χ0v) is 12.5. The Kier molecular flexibility index (Phi) is 5.14. The minimum absolute atomic E-state index is 0.206. The van der Waals surface area contributed by atoms with Gasteiger partial charge in [-0.2, -0.15) is 0 Å². The zero-order valence-electron chi connectivity index (χ0n) is 12.5.